The molecule has 0 aliphatic rings. The maximum atomic E-state index is 13.0. The number of ether oxygens (including phenoxy) is 1. The summed E-state index contributed by atoms with van der Waals surface area (Å²) in [5.41, 5.74) is -1.74. The van der Waals surface area contributed by atoms with Crippen molar-refractivity contribution in [1.82, 2.24) is 0 Å². The van der Waals surface area contributed by atoms with Crippen LogP contribution in [0.2, 0.25) is 0 Å². The third-order valence-electron chi connectivity index (χ3n) is 2.59. The van der Waals surface area contributed by atoms with Crippen molar-refractivity contribution in [2.75, 3.05) is 6.61 Å². The van der Waals surface area contributed by atoms with Crippen LogP contribution in [0.1, 0.15) is 29.2 Å². The van der Waals surface area contributed by atoms with Crippen molar-refractivity contribution in [2.24, 2.45) is 0 Å². The molecular formula is C13H11ClF3NO2. The molecule has 0 bridgehead atoms. The summed E-state index contributed by atoms with van der Waals surface area (Å²) in [5, 5.41) is 8.77. The Bertz CT molecular complexity index is 550. The van der Waals surface area contributed by atoms with Gasteiger partial charge < -0.3 is 4.74 Å². The molecule has 1 rings (SSSR count). The lowest BCUT2D eigenvalue weighted by atomic mass is 9.95. The van der Waals surface area contributed by atoms with Crippen LogP contribution in [-0.4, -0.2) is 12.6 Å². The van der Waals surface area contributed by atoms with Gasteiger partial charge in [-0.2, -0.15) is 18.4 Å². The van der Waals surface area contributed by atoms with Gasteiger partial charge in [-0.25, -0.2) is 0 Å². The quantitative estimate of drug-likeness (QED) is 0.632. The zero-order valence-electron chi connectivity index (χ0n) is 10.6. The highest BCUT2D eigenvalue weighted by Gasteiger charge is 2.37. The number of alkyl halides is 4. The summed E-state index contributed by atoms with van der Waals surface area (Å²) >= 11 is 5.57. The van der Waals surface area contributed by atoms with E-state index >= 15 is 0 Å². The van der Waals surface area contributed by atoms with Crippen LogP contribution in [0, 0.1) is 11.3 Å². The van der Waals surface area contributed by atoms with Crippen molar-refractivity contribution in [2.45, 2.75) is 25.4 Å². The first kappa shape index (κ1) is 16.3. The van der Waals surface area contributed by atoms with Crippen LogP contribution >= 0.6 is 11.6 Å². The van der Waals surface area contributed by atoms with Gasteiger partial charge in [-0.15, -0.1) is 11.6 Å². The molecule has 0 aromatic heterocycles. The van der Waals surface area contributed by atoms with E-state index in [1.807, 2.05) is 0 Å². The number of rotatable bonds is 4. The number of halogens is 4. The van der Waals surface area contributed by atoms with Gasteiger partial charge in [0.15, 0.2) is 0 Å². The van der Waals surface area contributed by atoms with E-state index in [2.05, 4.69) is 0 Å². The number of hydrogen-bond donors (Lipinski definition) is 0. The van der Waals surface area contributed by atoms with E-state index in [0.717, 1.165) is 6.07 Å². The van der Waals surface area contributed by atoms with E-state index in [4.69, 9.17) is 21.6 Å². The monoisotopic (exact) mass is 305 g/mol. The first-order chi connectivity index (χ1) is 9.35. The highest BCUT2D eigenvalue weighted by molar-refractivity contribution is 6.17. The molecule has 1 aromatic rings. The van der Waals surface area contributed by atoms with Crippen molar-refractivity contribution in [3.63, 3.8) is 0 Å². The fraction of sp³-hybridized carbons (Fsp3) is 0.385. The SMILES string of the molecule is CCOC(=O)Cc1ccc(C#N)c(C(F)(F)F)c1CCl. The topological polar surface area (TPSA) is 50.1 Å². The lowest BCUT2D eigenvalue weighted by Gasteiger charge is -2.16. The second kappa shape index (κ2) is 6.62. The number of benzene rings is 1. The number of nitrogens with zero attached hydrogens (tertiary/aromatic N) is 1. The maximum Gasteiger partial charge on any atom is 0.418 e. The van der Waals surface area contributed by atoms with E-state index in [1.165, 1.54) is 12.1 Å². The number of carbonyl (C=O) groups excluding carboxylic acids is 1. The summed E-state index contributed by atoms with van der Waals surface area (Å²) in [6.45, 7) is 1.73. The third kappa shape index (κ3) is 3.64. The lowest BCUT2D eigenvalue weighted by Crippen LogP contribution is -2.16. The van der Waals surface area contributed by atoms with E-state index in [-0.39, 0.29) is 24.2 Å². The number of hydrogen-bond acceptors (Lipinski definition) is 3. The van der Waals surface area contributed by atoms with Gasteiger partial charge >= 0.3 is 12.1 Å². The van der Waals surface area contributed by atoms with E-state index in [9.17, 15) is 18.0 Å². The number of esters is 1. The zero-order chi connectivity index (χ0) is 15.3. The molecule has 1 aromatic carbocycles. The van der Waals surface area contributed by atoms with Gasteiger partial charge in [-0.3, -0.25) is 4.79 Å². The molecule has 7 heteroatoms. The van der Waals surface area contributed by atoms with Crippen LogP contribution in [-0.2, 0) is 28.0 Å². The summed E-state index contributed by atoms with van der Waals surface area (Å²) in [5.74, 6) is -1.09. The molecular weight excluding hydrogens is 295 g/mol. The first-order valence-electron chi connectivity index (χ1n) is 5.68. The van der Waals surface area contributed by atoms with Crippen LogP contribution in [0.25, 0.3) is 0 Å². The molecule has 0 saturated carbocycles. The van der Waals surface area contributed by atoms with Crippen molar-refractivity contribution in [3.8, 4) is 6.07 Å². The molecule has 0 radical (unpaired) electrons. The number of nitriles is 1. The Morgan fingerprint density at radius 2 is 2.10 bits per heavy atom. The second-order valence-corrected chi connectivity index (χ2v) is 4.12. The highest BCUT2D eigenvalue weighted by Crippen LogP contribution is 2.37. The average molecular weight is 306 g/mol. The van der Waals surface area contributed by atoms with Gasteiger partial charge in [0.05, 0.1) is 30.2 Å². The molecule has 0 saturated heterocycles. The second-order valence-electron chi connectivity index (χ2n) is 3.85. The van der Waals surface area contributed by atoms with Crippen molar-refractivity contribution in [3.05, 3.63) is 34.4 Å². The maximum absolute atomic E-state index is 13.0. The summed E-state index contributed by atoms with van der Waals surface area (Å²) in [4.78, 5) is 11.4. The molecule has 3 nitrogen and oxygen atoms in total. The number of carbonyl (C=O) groups is 1. The van der Waals surface area contributed by atoms with Gasteiger partial charge in [-0.05, 0) is 24.1 Å². The van der Waals surface area contributed by atoms with Gasteiger partial charge in [0.25, 0.3) is 0 Å². The van der Waals surface area contributed by atoms with Gasteiger partial charge in [0, 0.05) is 5.88 Å². The van der Waals surface area contributed by atoms with E-state index in [1.54, 1.807) is 6.92 Å². The zero-order valence-corrected chi connectivity index (χ0v) is 11.3. The molecule has 0 amide bonds. The predicted molar refractivity (Wildman–Crippen MR) is 66.1 cm³/mol. The molecule has 0 fully saturated rings. The Balaban J connectivity index is 3.35. The minimum absolute atomic E-state index is 0.116. The molecule has 0 spiro atoms. The first-order valence-corrected chi connectivity index (χ1v) is 6.22. The van der Waals surface area contributed by atoms with Crippen LogP contribution in [0.4, 0.5) is 13.2 Å². The Labute approximate surface area is 118 Å². The Morgan fingerprint density at radius 1 is 1.45 bits per heavy atom. The molecule has 0 unspecified atom stereocenters. The highest BCUT2D eigenvalue weighted by atomic mass is 35.5. The lowest BCUT2D eigenvalue weighted by molar-refractivity contribution is -0.143. The van der Waals surface area contributed by atoms with Crippen molar-refractivity contribution in [1.29, 1.82) is 5.26 Å². The smallest absolute Gasteiger partial charge is 0.418 e. The van der Waals surface area contributed by atoms with Gasteiger partial charge in [0.2, 0.25) is 0 Å². The molecule has 0 aliphatic heterocycles. The molecule has 108 valence electrons. The van der Waals surface area contributed by atoms with Crippen LogP contribution in [0.5, 0.6) is 0 Å². The van der Waals surface area contributed by atoms with Crippen LogP contribution in [0.15, 0.2) is 12.1 Å². The average Bonchev–Trinajstić information content (AvgIpc) is 2.37. The van der Waals surface area contributed by atoms with Crippen molar-refractivity contribution < 1.29 is 22.7 Å². The normalized spacial score (nSPS) is 11.0. The molecule has 0 atom stereocenters. The van der Waals surface area contributed by atoms with Gasteiger partial charge in [0.1, 0.15) is 0 Å². The summed E-state index contributed by atoms with van der Waals surface area (Å²) in [6, 6.07) is 3.82. The fourth-order valence-electron chi connectivity index (χ4n) is 1.79. The minimum atomic E-state index is -4.71. The largest absolute Gasteiger partial charge is 0.466 e. The van der Waals surface area contributed by atoms with Crippen molar-refractivity contribution >= 4 is 17.6 Å². The van der Waals surface area contributed by atoms with Crippen LogP contribution < -0.4 is 0 Å². The standard InChI is InChI=1S/C13H11ClF3NO2/c1-2-20-11(19)5-8-3-4-9(7-18)12(10(8)6-14)13(15,16)17/h3-4H,2,5-6H2,1H3. The van der Waals surface area contributed by atoms with Crippen LogP contribution in [0.3, 0.4) is 0 Å². The summed E-state index contributed by atoms with van der Waals surface area (Å²) in [6.07, 6.45) is -5.02. The Hall–Kier alpha value is -1.74. The van der Waals surface area contributed by atoms with E-state index in [0.29, 0.717) is 0 Å². The molecule has 0 aliphatic carbocycles. The minimum Gasteiger partial charge on any atom is -0.466 e. The van der Waals surface area contributed by atoms with E-state index < -0.39 is 29.2 Å². The summed E-state index contributed by atoms with van der Waals surface area (Å²) < 4.78 is 43.8. The fourth-order valence-corrected chi connectivity index (χ4v) is 2.10. The molecule has 0 heterocycles. The predicted octanol–water partition coefficient (Wildman–Crippen LogP) is 3.42. The van der Waals surface area contributed by atoms with Gasteiger partial charge in [-0.1, -0.05) is 6.07 Å². The summed E-state index contributed by atoms with van der Waals surface area (Å²) in [7, 11) is 0. The Morgan fingerprint density at radius 3 is 2.55 bits per heavy atom. The Kier molecular flexibility index (Phi) is 5.40. The molecule has 20 heavy (non-hydrogen) atoms. The molecule has 0 N–H and O–H groups in total. The third-order valence-corrected chi connectivity index (χ3v) is 2.85.